The summed E-state index contributed by atoms with van der Waals surface area (Å²) in [6.45, 7) is 2.64. The summed E-state index contributed by atoms with van der Waals surface area (Å²) in [5.74, 6) is -1.02. The van der Waals surface area contributed by atoms with E-state index < -0.39 is 18.1 Å². The number of carbonyl (C=O) groups is 1. The van der Waals surface area contributed by atoms with Gasteiger partial charge in [-0.05, 0) is 6.92 Å². The molecule has 1 heterocycles. The number of aliphatic hydroxyl groups is 1. The van der Waals surface area contributed by atoms with E-state index in [2.05, 4.69) is 4.99 Å². The Morgan fingerprint density at radius 2 is 2.31 bits per heavy atom. The topological polar surface area (TPSA) is 73.1 Å². The molecule has 0 saturated carbocycles. The van der Waals surface area contributed by atoms with Crippen molar-refractivity contribution in [3.05, 3.63) is 0 Å². The van der Waals surface area contributed by atoms with Crippen LogP contribution in [0.15, 0.2) is 4.99 Å². The van der Waals surface area contributed by atoms with Crippen molar-refractivity contribution in [3.8, 4) is 0 Å². The van der Waals surface area contributed by atoms with E-state index in [4.69, 9.17) is 10.2 Å². The molecule has 0 bridgehead atoms. The first-order valence-corrected chi connectivity index (χ1v) is 3.79. The number of nitrogens with zero attached hydrogens (tertiary/aromatic N) is 2. The Morgan fingerprint density at radius 3 is 2.62 bits per heavy atom. The summed E-state index contributed by atoms with van der Waals surface area (Å²) in [7, 11) is 0. The molecule has 2 atom stereocenters. The molecule has 0 aromatic heterocycles. The van der Waals surface area contributed by atoms with Gasteiger partial charge in [0.25, 0.3) is 0 Å². The summed E-state index contributed by atoms with van der Waals surface area (Å²) in [6.07, 6.45) is 0.595. The van der Waals surface area contributed by atoms with Crippen LogP contribution in [0.5, 0.6) is 0 Å². The molecule has 2 N–H and O–H groups in total. The van der Waals surface area contributed by atoms with E-state index in [0.717, 1.165) is 0 Å². The molecule has 0 spiro atoms. The fourth-order valence-corrected chi connectivity index (χ4v) is 1.23. The van der Waals surface area contributed by atoms with Gasteiger partial charge in [-0.25, -0.2) is 4.79 Å². The number of aliphatic imine (C=N–C) groups is 1. The van der Waals surface area contributed by atoms with E-state index in [1.807, 2.05) is 0 Å². The van der Waals surface area contributed by atoms with E-state index in [9.17, 15) is 4.79 Å². The van der Waals surface area contributed by atoms with Crippen LogP contribution in [0.1, 0.15) is 6.92 Å². The zero-order valence-electron chi connectivity index (χ0n) is 6.84. The zero-order valence-corrected chi connectivity index (χ0v) is 6.84. The van der Waals surface area contributed by atoms with Gasteiger partial charge < -0.3 is 15.1 Å². The molecule has 0 fully saturated rings. The quantitative estimate of drug-likeness (QED) is 0.540. The van der Waals surface area contributed by atoms with E-state index in [1.54, 1.807) is 0 Å². The Hall–Kier alpha value is -0.100. The van der Waals surface area contributed by atoms with Gasteiger partial charge in [0.15, 0.2) is 6.04 Å². The zero-order chi connectivity index (χ0) is 9.14. The number of carboxylic acid groups (broad SMARTS) is 1. The number of carboxylic acids is 1. The molecule has 6 heteroatoms. The summed E-state index contributed by atoms with van der Waals surface area (Å²) < 4.78 is 0. The van der Waals surface area contributed by atoms with Gasteiger partial charge in [0.1, 0.15) is 0 Å². The van der Waals surface area contributed by atoms with Crippen molar-refractivity contribution in [3.63, 3.8) is 0 Å². The summed E-state index contributed by atoms with van der Waals surface area (Å²) in [5.41, 5.74) is 0. The van der Waals surface area contributed by atoms with Gasteiger partial charge in [-0.15, -0.1) is 0 Å². The maximum absolute atomic E-state index is 10.7. The molecule has 0 radical (unpaired) electrons. The van der Waals surface area contributed by atoms with Gasteiger partial charge in [-0.3, -0.25) is 4.99 Å². The molecule has 0 aromatic rings. The van der Waals surface area contributed by atoms with Gasteiger partial charge in [0.05, 0.1) is 19.0 Å². The first-order valence-electron chi connectivity index (χ1n) is 3.79. The monoisotopic (exact) mass is 196 g/mol. The Bertz CT molecular complexity index is 208. The summed E-state index contributed by atoms with van der Waals surface area (Å²) in [5, 5.41) is 17.9. The molecule has 0 aliphatic carbocycles. The second-order valence-electron chi connectivity index (χ2n) is 2.78. The van der Waals surface area contributed by atoms with Crippen molar-refractivity contribution >= 4 is 41.9 Å². The molecule has 0 amide bonds. The van der Waals surface area contributed by atoms with E-state index in [1.165, 1.54) is 18.2 Å². The molecule has 0 aromatic carbocycles. The number of hydrogen-bond acceptors (Lipinski definition) is 4. The molecular formula is C7H13N2NaO3. The Morgan fingerprint density at radius 1 is 1.69 bits per heavy atom. The Kier molecular flexibility index (Phi) is 5.55. The summed E-state index contributed by atoms with van der Waals surface area (Å²) >= 11 is 0. The second kappa shape index (κ2) is 5.59. The first kappa shape index (κ1) is 12.9. The normalized spacial score (nSPS) is 19.4. The van der Waals surface area contributed by atoms with Crippen LogP contribution in [-0.4, -0.2) is 82.2 Å². The Labute approximate surface area is 98.7 Å². The van der Waals surface area contributed by atoms with Crippen LogP contribution in [0.25, 0.3) is 0 Å². The first-order chi connectivity index (χ1) is 5.63. The van der Waals surface area contributed by atoms with Crippen LogP contribution < -0.4 is 0 Å². The van der Waals surface area contributed by atoms with E-state index >= 15 is 0 Å². The van der Waals surface area contributed by atoms with Gasteiger partial charge in [0.2, 0.25) is 0 Å². The molecule has 1 rings (SSSR count). The van der Waals surface area contributed by atoms with Crippen molar-refractivity contribution in [1.29, 1.82) is 0 Å². The number of aliphatic hydroxyl groups excluding tert-OH is 1. The third-order valence-corrected chi connectivity index (χ3v) is 1.78. The summed E-state index contributed by atoms with van der Waals surface area (Å²) in [4.78, 5) is 16.1. The predicted octanol–water partition coefficient (Wildman–Crippen LogP) is -1.48. The van der Waals surface area contributed by atoms with Crippen LogP contribution in [0.3, 0.4) is 0 Å². The number of aliphatic carboxylic acids is 1. The third kappa shape index (κ3) is 3.27. The van der Waals surface area contributed by atoms with Crippen LogP contribution in [0.4, 0.5) is 0 Å². The maximum atomic E-state index is 10.7. The van der Waals surface area contributed by atoms with Crippen molar-refractivity contribution < 1.29 is 15.0 Å². The van der Waals surface area contributed by atoms with Crippen LogP contribution in [0.2, 0.25) is 0 Å². The van der Waals surface area contributed by atoms with Gasteiger partial charge in [0, 0.05) is 6.54 Å². The second-order valence-corrected chi connectivity index (χ2v) is 2.78. The van der Waals surface area contributed by atoms with Gasteiger partial charge in [-0.2, -0.15) is 0 Å². The predicted molar refractivity (Wildman–Crippen MR) is 50.3 cm³/mol. The van der Waals surface area contributed by atoms with Crippen LogP contribution in [0, 0.1) is 0 Å². The minimum absolute atomic E-state index is 0. The third-order valence-electron chi connectivity index (χ3n) is 1.78. The Balaban J connectivity index is 0.00000144. The SMILES string of the molecule is CC(O)C(C(=O)O)N1C=NCC1.[NaH]. The molecule has 1 aliphatic heterocycles. The summed E-state index contributed by atoms with van der Waals surface area (Å²) in [6, 6.07) is -0.865. The van der Waals surface area contributed by atoms with E-state index in [0.29, 0.717) is 13.1 Å². The fourth-order valence-electron chi connectivity index (χ4n) is 1.23. The molecule has 5 nitrogen and oxygen atoms in total. The molecule has 2 unspecified atom stereocenters. The van der Waals surface area contributed by atoms with Gasteiger partial charge in [-0.1, -0.05) is 0 Å². The van der Waals surface area contributed by atoms with Crippen LogP contribution >= 0.6 is 0 Å². The molecule has 0 saturated heterocycles. The number of rotatable bonds is 3. The van der Waals surface area contributed by atoms with Crippen molar-refractivity contribution in [2.75, 3.05) is 13.1 Å². The molecule has 70 valence electrons. The van der Waals surface area contributed by atoms with Gasteiger partial charge >= 0.3 is 35.5 Å². The van der Waals surface area contributed by atoms with E-state index in [-0.39, 0.29) is 29.6 Å². The van der Waals surface area contributed by atoms with Crippen LogP contribution in [-0.2, 0) is 4.79 Å². The standard InChI is InChI=1S/C7H12N2O3.Na.H/c1-5(10)6(7(11)12)9-3-2-8-4-9;;/h4-6,10H,2-3H2,1H3,(H,11,12);;. The average molecular weight is 196 g/mol. The minimum atomic E-state index is -1.02. The molecular weight excluding hydrogens is 183 g/mol. The van der Waals surface area contributed by atoms with Crippen molar-refractivity contribution in [2.24, 2.45) is 4.99 Å². The average Bonchev–Trinajstić information content (AvgIpc) is 2.37. The van der Waals surface area contributed by atoms with Crippen molar-refractivity contribution in [2.45, 2.75) is 19.1 Å². The number of hydrogen-bond donors (Lipinski definition) is 2. The fraction of sp³-hybridized carbons (Fsp3) is 0.714. The molecule has 13 heavy (non-hydrogen) atoms. The van der Waals surface area contributed by atoms with Crippen molar-refractivity contribution in [1.82, 2.24) is 4.90 Å². The molecule has 1 aliphatic rings.